The minimum absolute atomic E-state index is 0.110. The molecule has 0 unspecified atom stereocenters. The maximum absolute atomic E-state index is 11.4. The monoisotopic (exact) mass is 187 g/mol. The molecule has 0 N–H and O–H groups in total. The molecule has 0 fully saturated rings. The molecule has 2 heterocycles. The molecular weight excluding hydrogens is 174 g/mol. The molecule has 2 heteroatoms. The van der Waals surface area contributed by atoms with Gasteiger partial charge in [0.25, 0.3) is 0 Å². The van der Waals surface area contributed by atoms with Crippen LogP contribution < -0.4 is 0 Å². The van der Waals surface area contributed by atoms with Gasteiger partial charge < -0.3 is 4.40 Å². The summed E-state index contributed by atoms with van der Waals surface area (Å²) in [6.07, 6.45) is 1.94. The predicted octanol–water partition coefficient (Wildman–Crippen LogP) is 2.76. The van der Waals surface area contributed by atoms with Crippen LogP contribution in [0.5, 0.6) is 0 Å². The number of nitrogens with zero attached hydrogens (tertiary/aromatic N) is 1. The Morgan fingerprint density at radius 1 is 1.29 bits per heavy atom. The Kier molecular flexibility index (Phi) is 1.92. The van der Waals surface area contributed by atoms with E-state index in [4.69, 9.17) is 0 Å². The predicted molar refractivity (Wildman–Crippen MR) is 56.9 cm³/mol. The van der Waals surface area contributed by atoms with Crippen LogP contribution >= 0.6 is 0 Å². The second-order valence-electron chi connectivity index (χ2n) is 3.68. The zero-order valence-corrected chi connectivity index (χ0v) is 8.66. The fraction of sp³-hybridized carbons (Fsp3) is 0.250. The lowest BCUT2D eigenvalue weighted by Crippen LogP contribution is -1.98. The Morgan fingerprint density at radius 2 is 2.00 bits per heavy atom. The quantitative estimate of drug-likeness (QED) is 0.629. The molecular formula is C12H13NO. The Hall–Kier alpha value is -1.57. The SMILES string of the molecule is CC(=O)c1cc(C)c2c(C)cccn12. The Labute approximate surface area is 83.2 Å². The van der Waals surface area contributed by atoms with Gasteiger partial charge in [-0.3, -0.25) is 4.79 Å². The first-order chi connectivity index (χ1) is 6.61. The fourth-order valence-corrected chi connectivity index (χ4v) is 1.93. The highest BCUT2D eigenvalue weighted by atomic mass is 16.1. The number of pyridine rings is 1. The number of ketones is 1. The lowest BCUT2D eigenvalue weighted by atomic mass is 10.2. The van der Waals surface area contributed by atoms with Gasteiger partial charge in [0.05, 0.1) is 11.2 Å². The number of carbonyl (C=O) groups excluding carboxylic acids is 1. The number of hydrogen-bond donors (Lipinski definition) is 0. The summed E-state index contributed by atoms with van der Waals surface area (Å²) in [7, 11) is 0. The van der Waals surface area contributed by atoms with E-state index >= 15 is 0 Å². The fourth-order valence-electron chi connectivity index (χ4n) is 1.93. The van der Waals surface area contributed by atoms with Crippen LogP contribution in [-0.2, 0) is 0 Å². The molecule has 0 saturated carbocycles. The van der Waals surface area contributed by atoms with E-state index in [0.717, 1.165) is 16.8 Å². The Balaban J connectivity index is 2.91. The van der Waals surface area contributed by atoms with E-state index in [9.17, 15) is 4.79 Å². The highest BCUT2D eigenvalue weighted by Gasteiger charge is 2.10. The number of aromatic nitrogens is 1. The van der Waals surface area contributed by atoms with Crippen LogP contribution in [0.4, 0.5) is 0 Å². The van der Waals surface area contributed by atoms with Crippen LogP contribution in [-0.4, -0.2) is 10.2 Å². The van der Waals surface area contributed by atoms with Crippen molar-refractivity contribution in [3.05, 3.63) is 41.2 Å². The van der Waals surface area contributed by atoms with Gasteiger partial charge in [-0.1, -0.05) is 6.07 Å². The lowest BCUT2D eigenvalue weighted by Gasteiger charge is -2.01. The molecule has 0 aliphatic carbocycles. The molecule has 2 aromatic rings. The molecule has 72 valence electrons. The number of rotatable bonds is 1. The first-order valence-corrected chi connectivity index (χ1v) is 4.69. The van der Waals surface area contributed by atoms with Gasteiger partial charge in [0.15, 0.2) is 5.78 Å². The zero-order valence-electron chi connectivity index (χ0n) is 8.66. The van der Waals surface area contributed by atoms with Crippen molar-refractivity contribution in [1.29, 1.82) is 0 Å². The summed E-state index contributed by atoms with van der Waals surface area (Å²) in [5, 5.41) is 0. The third-order valence-corrected chi connectivity index (χ3v) is 2.54. The van der Waals surface area contributed by atoms with Gasteiger partial charge >= 0.3 is 0 Å². The van der Waals surface area contributed by atoms with Crippen molar-refractivity contribution in [2.75, 3.05) is 0 Å². The van der Waals surface area contributed by atoms with E-state index in [2.05, 4.69) is 13.0 Å². The summed E-state index contributed by atoms with van der Waals surface area (Å²) < 4.78 is 1.97. The van der Waals surface area contributed by atoms with Crippen LogP contribution in [0.2, 0.25) is 0 Å². The van der Waals surface area contributed by atoms with E-state index < -0.39 is 0 Å². The average Bonchev–Trinajstić information content (AvgIpc) is 2.45. The van der Waals surface area contributed by atoms with Crippen molar-refractivity contribution in [2.24, 2.45) is 0 Å². The van der Waals surface area contributed by atoms with Gasteiger partial charge in [0.2, 0.25) is 0 Å². The van der Waals surface area contributed by atoms with Gasteiger partial charge in [-0.25, -0.2) is 0 Å². The van der Waals surface area contributed by atoms with E-state index in [1.54, 1.807) is 6.92 Å². The summed E-state index contributed by atoms with van der Waals surface area (Å²) in [6.45, 7) is 5.70. The number of fused-ring (bicyclic) bond motifs is 1. The number of carbonyl (C=O) groups is 1. The van der Waals surface area contributed by atoms with Gasteiger partial charge in [-0.05, 0) is 37.1 Å². The maximum Gasteiger partial charge on any atom is 0.176 e. The van der Waals surface area contributed by atoms with Crippen molar-refractivity contribution in [1.82, 2.24) is 4.40 Å². The topological polar surface area (TPSA) is 21.5 Å². The first-order valence-electron chi connectivity index (χ1n) is 4.69. The van der Waals surface area contributed by atoms with Gasteiger partial charge in [-0.15, -0.1) is 0 Å². The first kappa shape index (κ1) is 9.00. The molecule has 2 nitrogen and oxygen atoms in total. The highest BCUT2D eigenvalue weighted by molar-refractivity contribution is 5.94. The molecule has 2 rings (SSSR count). The van der Waals surface area contributed by atoms with Crippen LogP contribution in [0.25, 0.3) is 5.52 Å². The third-order valence-electron chi connectivity index (χ3n) is 2.54. The van der Waals surface area contributed by atoms with Gasteiger partial charge in [0.1, 0.15) is 0 Å². The molecule has 2 aromatic heterocycles. The lowest BCUT2D eigenvalue weighted by molar-refractivity contribution is 0.101. The normalized spacial score (nSPS) is 10.8. The molecule has 0 radical (unpaired) electrons. The highest BCUT2D eigenvalue weighted by Crippen LogP contribution is 2.19. The van der Waals surface area contributed by atoms with Crippen LogP contribution in [0.3, 0.4) is 0 Å². The molecule has 0 amide bonds. The molecule has 0 aromatic carbocycles. The summed E-state index contributed by atoms with van der Waals surface area (Å²) in [5.74, 6) is 0.110. The Bertz CT molecular complexity index is 508. The minimum Gasteiger partial charge on any atom is -0.313 e. The number of hydrogen-bond acceptors (Lipinski definition) is 1. The van der Waals surface area contributed by atoms with E-state index in [-0.39, 0.29) is 5.78 Å². The largest absolute Gasteiger partial charge is 0.313 e. The van der Waals surface area contributed by atoms with Crippen molar-refractivity contribution < 1.29 is 4.79 Å². The van der Waals surface area contributed by atoms with Gasteiger partial charge in [0, 0.05) is 13.1 Å². The molecule has 14 heavy (non-hydrogen) atoms. The maximum atomic E-state index is 11.4. The van der Waals surface area contributed by atoms with Crippen LogP contribution in [0.15, 0.2) is 24.4 Å². The summed E-state index contributed by atoms with van der Waals surface area (Å²) >= 11 is 0. The van der Waals surface area contributed by atoms with Crippen molar-refractivity contribution in [2.45, 2.75) is 20.8 Å². The van der Waals surface area contributed by atoms with Crippen molar-refractivity contribution in [3.63, 3.8) is 0 Å². The molecule has 0 atom stereocenters. The number of aryl methyl sites for hydroxylation is 2. The third kappa shape index (κ3) is 1.15. The van der Waals surface area contributed by atoms with E-state index in [1.165, 1.54) is 5.56 Å². The summed E-state index contributed by atoms with van der Waals surface area (Å²) in [6, 6.07) is 5.98. The van der Waals surface area contributed by atoms with Crippen molar-refractivity contribution in [3.8, 4) is 0 Å². The summed E-state index contributed by atoms with van der Waals surface area (Å²) in [5.41, 5.74) is 4.28. The van der Waals surface area contributed by atoms with E-state index in [0.29, 0.717) is 0 Å². The van der Waals surface area contributed by atoms with Crippen molar-refractivity contribution >= 4 is 11.3 Å². The number of Topliss-reactive ketones (excluding diaryl/α,β-unsaturated/α-hetero) is 1. The smallest absolute Gasteiger partial charge is 0.176 e. The second-order valence-corrected chi connectivity index (χ2v) is 3.68. The minimum atomic E-state index is 0.110. The van der Waals surface area contributed by atoms with Crippen LogP contribution in [0.1, 0.15) is 28.5 Å². The molecule has 0 aliphatic heterocycles. The zero-order chi connectivity index (χ0) is 10.3. The molecule has 0 saturated heterocycles. The standard InChI is InChI=1S/C12H13NO/c1-8-5-4-6-13-11(10(3)14)7-9(2)12(8)13/h4-7H,1-3H3. The molecule has 0 spiro atoms. The van der Waals surface area contributed by atoms with E-state index in [1.807, 2.05) is 29.7 Å². The average molecular weight is 187 g/mol. The van der Waals surface area contributed by atoms with Gasteiger partial charge in [-0.2, -0.15) is 0 Å². The second kappa shape index (κ2) is 2.98. The van der Waals surface area contributed by atoms with Crippen LogP contribution in [0, 0.1) is 13.8 Å². The molecule has 0 aliphatic rings. The Morgan fingerprint density at radius 3 is 2.64 bits per heavy atom. The summed E-state index contributed by atoms with van der Waals surface area (Å²) in [4.78, 5) is 11.4. The molecule has 0 bridgehead atoms.